The van der Waals surface area contributed by atoms with E-state index in [2.05, 4.69) is 20.4 Å². The van der Waals surface area contributed by atoms with Crippen LogP contribution in [0.2, 0.25) is 0 Å². The lowest BCUT2D eigenvalue weighted by Gasteiger charge is -2.34. The molecule has 2 N–H and O–H groups in total. The van der Waals surface area contributed by atoms with Crippen LogP contribution in [0.3, 0.4) is 0 Å². The summed E-state index contributed by atoms with van der Waals surface area (Å²) in [4.78, 5) is 2.32. The number of hydrogen-bond acceptors (Lipinski definition) is 6. The molecule has 1 aliphatic heterocycles. The summed E-state index contributed by atoms with van der Waals surface area (Å²) in [5, 5.41) is 12.0. The Bertz CT molecular complexity index is 402. The number of hydrogen-bond donors (Lipinski definition) is 1. The summed E-state index contributed by atoms with van der Waals surface area (Å²) in [7, 11) is 0. The Kier molecular flexibility index (Phi) is 3.27. The van der Waals surface area contributed by atoms with E-state index >= 15 is 0 Å². The van der Waals surface area contributed by atoms with Crippen LogP contribution in [0.4, 0.5) is 0 Å². The SMILES string of the molecule is CC(N)C1CN(Cc2nnnn2C2CC2)CCO1. The van der Waals surface area contributed by atoms with Crippen molar-refractivity contribution in [2.75, 3.05) is 19.7 Å². The summed E-state index contributed by atoms with van der Waals surface area (Å²) in [5.74, 6) is 0.961. The first-order valence-corrected chi connectivity index (χ1v) is 6.60. The number of morpholine rings is 1. The normalized spacial score (nSPS) is 27.3. The molecule has 100 valence electrons. The average molecular weight is 252 g/mol. The van der Waals surface area contributed by atoms with Gasteiger partial charge < -0.3 is 10.5 Å². The van der Waals surface area contributed by atoms with E-state index in [0.717, 1.165) is 32.1 Å². The smallest absolute Gasteiger partial charge is 0.165 e. The average Bonchev–Trinajstić information content (AvgIpc) is 3.11. The molecule has 0 spiro atoms. The van der Waals surface area contributed by atoms with E-state index in [1.54, 1.807) is 0 Å². The Hall–Kier alpha value is -1.05. The molecule has 2 atom stereocenters. The Morgan fingerprint density at radius 3 is 3.06 bits per heavy atom. The molecule has 1 saturated carbocycles. The first kappa shape index (κ1) is 12.0. The van der Waals surface area contributed by atoms with Crippen molar-refractivity contribution >= 4 is 0 Å². The quantitative estimate of drug-likeness (QED) is 0.782. The zero-order valence-electron chi connectivity index (χ0n) is 10.7. The fourth-order valence-corrected chi connectivity index (χ4v) is 2.31. The highest BCUT2D eigenvalue weighted by molar-refractivity contribution is 4.91. The standard InChI is InChI=1S/C11H20N6O/c1-8(12)10-6-16(4-5-18-10)7-11-13-14-15-17(11)9-2-3-9/h8-10H,2-7,12H2,1H3. The van der Waals surface area contributed by atoms with Crippen LogP contribution in [-0.4, -0.2) is 56.9 Å². The lowest BCUT2D eigenvalue weighted by Crippen LogP contribution is -2.49. The maximum atomic E-state index is 5.89. The van der Waals surface area contributed by atoms with Crippen LogP contribution in [0.25, 0.3) is 0 Å². The summed E-state index contributed by atoms with van der Waals surface area (Å²) >= 11 is 0. The molecule has 0 amide bonds. The van der Waals surface area contributed by atoms with Gasteiger partial charge in [-0.1, -0.05) is 0 Å². The molecule has 0 aromatic carbocycles. The Morgan fingerprint density at radius 2 is 2.33 bits per heavy atom. The number of nitrogens with two attached hydrogens (primary N) is 1. The number of rotatable bonds is 4. The molecule has 0 bridgehead atoms. The van der Waals surface area contributed by atoms with E-state index in [-0.39, 0.29) is 12.1 Å². The lowest BCUT2D eigenvalue weighted by molar-refractivity contribution is -0.0413. The maximum absolute atomic E-state index is 5.89. The Labute approximate surface area is 106 Å². The van der Waals surface area contributed by atoms with Crippen LogP contribution < -0.4 is 5.73 Å². The summed E-state index contributed by atoms with van der Waals surface area (Å²) in [6.07, 6.45) is 2.51. The molecule has 1 aromatic heterocycles. The molecule has 1 saturated heterocycles. The van der Waals surface area contributed by atoms with Crippen molar-refractivity contribution < 1.29 is 4.74 Å². The van der Waals surface area contributed by atoms with E-state index in [9.17, 15) is 0 Å². The van der Waals surface area contributed by atoms with Crippen molar-refractivity contribution in [2.24, 2.45) is 5.73 Å². The minimum Gasteiger partial charge on any atom is -0.374 e. The topological polar surface area (TPSA) is 82.1 Å². The highest BCUT2D eigenvalue weighted by Crippen LogP contribution is 2.34. The van der Waals surface area contributed by atoms with Crippen LogP contribution in [0.5, 0.6) is 0 Å². The number of aromatic nitrogens is 4. The van der Waals surface area contributed by atoms with Crippen molar-refractivity contribution in [1.29, 1.82) is 0 Å². The molecule has 7 heteroatoms. The molecule has 0 radical (unpaired) electrons. The molecule has 18 heavy (non-hydrogen) atoms. The molecule has 1 aromatic rings. The highest BCUT2D eigenvalue weighted by atomic mass is 16.5. The fraction of sp³-hybridized carbons (Fsp3) is 0.909. The van der Waals surface area contributed by atoms with Gasteiger partial charge >= 0.3 is 0 Å². The second-order valence-electron chi connectivity index (χ2n) is 5.27. The molecular formula is C11H20N6O. The van der Waals surface area contributed by atoms with Gasteiger partial charge in [-0.05, 0) is 30.2 Å². The monoisotopic (exact) mass is 252 g/mol. The molecule has 2 unspecified atom stereocenters. The summed E-state index contributed by atoms with van der Waals surface area (Å²) in [6.45, 7) is 5.28. The van der Waals surface area contributed by atoms with E-state index < -0.39 is 0 Å². The van der Waals surface area contributed by atoms with Crippen LogP contribution in [0, 0.1) is 0 Å². The van der Waals surface area contributed by atoms with Gasteiger partial charge in [0.25, 0.3) is 0 Å². The molecule has 2 fully saturated rings. The van der Waals surface area contributed by atoms with Gasteiger partial charge in [0.2, 0.25) is 0 Å². The van der Waals surface area contributed by atoms with Gasteiger partial charge in [-0.3, -0.25) is 4.90 Å². The largest absolute Gasteiger partial charge is 0.374 e. The predicted molar refractivity (Wildman–Crippen MR) is 64.8 cm³/mol. The van der Waals surface area contributed by atoms with E-state index in [1.807, 2.05) is 11.6 Å². The molecule has 7 nitrogen and oxygen atoms in total. The highest BCUT2D eigenvalue weighted by Gasteiger charge is 2.29. The van der Waals surface area contributed by atoms with E-state index in [0.29, 0.717) is 6.04 Å². The zero-order valence-corrected chi connectivity index (χ0v) is 10.7. The molecule has 2 aliphatic rings. The summed E-state index contributed by atoms with van der Waals surface area (Å²) in [6, 6.07) is 0.590. The molecule has 3 rings (SSSR count). The zero-order chi connectivity index (χ0) is 12.5. The predicted octanol–water partition coefficient (Wildman–Crippen LogP) is -0.444. The number of ether oxygens (including phenoxy) is 1. The fourth-order valence-electron chi connectivity index (χ4n) is 2.31. The van der Waals surface area contributed by atoms with Gasteiger partial charge in [0, 0.05) is 19.1 Å². The molecular weight excluding hydrogens is 232 g/mol. The van der Waals surface area contributed by atoms with Crippen molar-refractivity contribution in [3.63, 3.8) is 0 Å². The van der Waals surface area contributed by atoms with E-state index in [4.69, 9.17) is 10.5 Å². The van der Waals surface area contributed by atoms with Gasteiger partial charge in [-0.15, -0.1) is 5.10 Å². The first-order valence-electron chi connectivity index (χ1n) is 6.60. The van der Waals surface area contributed by atoms with Crippen molar-refractivity contribution in [3.05, 3.63) is 5.82 Å². The van der Waals surface area contributed by atoms with Gasteiger partial charge in [0.1, 0.15) is 0 Å². The van der Waals surface area contributed by atoms with Crippen LogP contribution in [-0.2, 0) is 11.3 Å². The van der Waals surface area contributed by atoms with Crippen LogP contribution >= 0.6 is 0 Å². The van der Waals surface area contributed by atoms with Crippen molar-refractivity contribution in [2.45, 2.75) is 44.5 Å². The minimum absolute atomic E-state index is 0.0622. The second kappa shape index (κ2) is 4.91. The number of tetrazole rings is 1. The minimum atomic E-state index is 0.0622. The third kappa shape index (κ3) is 2.52. The first-order chi connectivity index (χ1) is 8.74. The number of nitrogens with zero attached hydrogens (tertiary/aromatic N) is 5. The van der Waals surface area contributed by atoms with Gasteiger partial charge in [0.15, 0.2) is 5.82 Å². The van der Waals surface area contributed by atoms with Crippen LogP contribution in [0.1, 0.15) is 31.6 Å². The van der Waals surface area contributed by atoms with Gasteiger partial charge in [0.05, 0.1) is 25.3 Å². The maximum Gasteiger partial charge on any atom is 0.165 e. The summed E-state index contributed by atoms with van der Waals surface area (Å²) in [5.41, 5.74) is 5.89. The third-order valence-electron chi connectivity index (χ3n) is 3.58. The van der Waals surface area contributed by atoms with Crippen molar-refractivity contribution in [1.82, 2.24) is 25.1 Å². The summed E-state index contributed by atoms with van der Waals surface area (Å²) < 4.78 is 7.62. The van der Waals surface area contributed by atoms with Crippen molar-refractivity contribution in [3.8, 4) is 0 Å². The molecule has 1 aliphatic carbocycles. The third-order valence-corrected chi connectivity index (χ3v) is 3.58. The second-order valence-corrected chi connectivity index (χ2v) is 5.27. The van der Waals surface area contributed by atoms with Crippen LogP contribution in [0.15, 0.2) is 0 Å². The molecule has 2 heterocycles. The Balaban J connectivity index is 1.63. The lowest BCUT2D eigenvalue weighted by atomic mass is 10.1. The van der Waals surface area contributed by atoms with E-state index in [1.165, 1.54) is 12.8 Å². The van der Waals surface area contributed by atoms with Gasteiger partial charge in [-0.2, -0.15) is 0 Å². The Morgan fingerprint density at radius 1 is 1.50 bits per heavy atom. The van der Waals surface area contributed by atoms with Gasteiger partial charge in [-0.25, -0.2) is 4.68 Å².